The topological polar surface area (TPSA) is 48.0 Å². The molecule has 1 atom stereocenters. The Balaban J connectivity index is 1.42. The first kappa shape index (κ1) is 16.0. The summed E-state index contributed by atoms with van der Waals surface area (Å²) in [6, 6.07) is 15.8. The average molecular weight is 339 g/mol. The fourth-order valence-electron chi connectivity index (χ4n) is 3.23. The minimum atomic E-state index is -0.0563. The van der Waals surface area contributed by atoms with E-state index in [1.807, 2.05) is 53.4 Å². The zero-order chi connectivity index (χ0) is 17.1. The lowest BCUT2D eigenvalue weighted by Crippen LogP contribution is -2.43. The molecule has 0 spiro atoms. The van der Waals surface area contributed by atoms with Crippen LogP contribution in [0.1, 0.15) is 17.2 Å². The maximum atomic E-state index is 12.7. The van der Waals surface area contributed by atoms with E-state index in [9.17, 15) is 4.79 Å². The minimum absolute atomic E-state index is 0.0563. The van der Waals surface area contributed by atoms with Crippen molar-refractivity contribution in [2.24, 2.45) is 0 Å². The van der Waals surface area contributed by atoms with Crippen LogP contribution in [0, 0.1) is 0 Å². The third-order valence-corrected chi connectivity index (χ3v) is 4.55. The van der Waals surface area contributed by atoms with E-state index >= 15 is 0 Å². The van der Waals surface area contributed by atoms with Gasteiger partial charge in [-0.25, -0.2) is 0 Å². The Hall–Kier alpha value is -2.53. The molecule has 2 aromatic rings. The number of amides is 1. The first-order valence-electron chi connectivity index (χ1n) is 8.62. The number of fused-ring (bicyclic) bond motifs is 1. The van der Waals surface area contributed by atoms with Gasteiger partial charge in [0.05, 0.1) is 19.6 Å². The summed E-state index contributed by atoms with van der Waals surface area (Å²) in [6.45, 7) is 2.90. The van der Waals surface area contributed by atoms with E-state index in [-0.39, 0.29) is 12.0 Å². The molecule has 0 radical (unpaired) electrons. The number of hydrogen-bond donors (Lipinski definition) is 0. The first-order chi connectivity index (χ1) is 12.3. The van der Waals surface area contributed by atoms with Crippen LogP contribution in [0.15, 0.2) is 48.5 Å². The normalized spacial score (nSPS) is 19.5. The molecular formula is C20H21NO4. The summed E-state index contributed by atoms with van der Waals surface area (Å²) in [5.41, 5.74) is 2.05. The molecule has 0 aliphatic carbocycles. The van der Waals surface area contributed by atoms with Gasteiger partial charge in [-0.1, -0.05) is 36.4 Å². The van der Waals surface area contributed by atoms with E-state index in [0.29, 0.717) is 39.3 Å². The fraction of sp³-hybridized carbons (Fsp3) is 0.350. The lowest BCUT2D eigenvalue weighted by molar-refractivity contribution is -0.138. The number of benzene rings is 2. The van der Waals surface area contributed by atoms with E-state index in [1.165, 1.54) is 0 Å². The quantitative estimate of drug-likeness (QED) is 0.862. The molecule has 4 rings (SSSR count). The van der Waals surface area contributed by atoms with Crippen molar-refractivity contribution in [2.45, 2.75) is 12.5 Å². The van der Waals surface area contributed by atoms with Crippen molar-refractivity contribution in [3.63, 3.8) is 0 Å². The lowest BCUT2D eigenvalue weighted by atomic mass is 10.1. The Morgan fingerprint density at radius 2 is 1.80 bits per heavy atom. The molecule has 130 valence electrons. The molecule has 2 aliphatic rings. The second-order valence-electron chi connectivity index (χ2n) is 6.26. The Labute approximate surface area is 147 Å². The van der Waals surface area contributed by atoms with Crippen molar-refractivity contribution >= 4 is 5.91 Å². The van der Waals surface area contributed by atoms with Crippen molar-refractivity contribution < 1.29 is 19.0 Å². The van der Waals surface area contributed by atoms with Gasteiger partial charge >= 0.3 is 0 Å². The minimum Gasteiger partial charge on any atom is -0.486 e. The molecule has 2 heterocycles. The monoisotopic (exact) mass is 339 g/mol. The molecule has 5 nitrogen and oxygen atoms in total. The molecule has 5 heteroatoms. The van der Waals surface area contributed by atoms with Crippen LogP contribution in [0.3, 0.4) is 0 Å². The highest BCUT2D eigenvalue weighted by Crippen LogP contribution is 2.31. The van der Waals surface area contributed by atoms with E-state index in [4.69, 9.17) is 14.2 Å². The molecule has 2 aromatic carbocycles. The molecule has 0 unspecified atom stereocenters. The second kappa shape index (κ2) is 7.15. The fourth-order valence-corrected chi connectivity index (χ4v) is 3.23. The van der Waals surface area contributed by atoms with Gasteiger partial charge in [-0.15, -0.1) is 0 Å². The number of ether oxygens (including phenoxy) is 3. The number of nitrogens with zero attached hydrogens (tertiary/aromatic N) is 1. The molecule has 1 amide bonds. The lowest BCUT2D eigenvalue weighted by Gasteiger charge is -2.33. The van der Waals surface area contributed by atoms with Gasteiger partial charge in [0.2, 0.25) is 5.91 Å². The summed E-state index contributed by atoms with van der Waals surface area (Å²) >= 11 is 0. The van der Waals surface area contributed by atoms with Gasteiger partial charge in [-0.2, -0.15) is 0 Å². The summed E-state index contributed by atoms with van der Waals surface area (Å²) in [6.07, 6.45) is 0.303. The third kappa shape index (κ3) is 3.61. The number of rotatable bonds is 3. The van der Waals surface area contributed by atoms with Gasteiger partial charge < -0.3 is 19.1 Å². The highest BCUT2D eigenvalue weighted by molar-refractivity contribution is 5.79. The van der Waals surface area contributed by atoms with Gasteiger partial charge in [0.25, 0.3) is 0 Å². The molecule has 0 saturated carbocycles. The van der Waals surface area contributed by atoms with Crippen LogP contribution in [0.5, 0.6) is 11.5 Å². The van der Waals surface area contributed by atoms with Crippen molar-refractivity contribution in [2.75, 3.05) is 32.9 Å². The molecule has 1 fully saturated rings. The number of carbonyl (C=O) groups is 1. The van der Waals surface area contributed by atoms with Gasteiger partial charge in [0, 0.05) is 6.54 Å². The molecule has 0 N–H and O–H groups in total. The number of morpholine rings is 1. The summed E-state index contributed by atoms with van der Waals surface area (Å²) in [7, 11) is 0. The Kier molecular flexibility index (Phi) is 4.57. The smallest absolute Gasteiger partial charge is 0.227 e. The Bertz CT molecular complexity index is 747. The van der Waals surface area contributed by atoms with Crippen molar-refractivity contribution in [3.8, 4) is 11.5 Å². The van der Waals surface area contributed by atoms with Gasteiger partial charge in [0.15, 0.2) is 11.5 Å². The number of carbonyl (C=O) groups excluding carboxylic acids is 1. The van der Waals surface area contributed by atoms with Crippen LogP contribution in [-0.4, -0.2) is 43.7 Å². The van der Waals surface area contributed by atoms with E-state index in [0.717, 1.165) is 22.6 Å². The summed E-state index contributed by atoms with van der Waals surface area (Å²) in [5, 5.41) is 0. The van der Waals surface area contributed by atoms with Crippen LogP contribution < -0.4 is 9.47 Å². The summed E-state index contributed by atoms with van der Waals surface area (Å²) < 4.78 is 17.0. The SMILES string of the molecule is O=C(Cc1ccc2c(c1)OCCO2)N1CCO[C@@H](c2ccccc2)C1. The molecule has 0 bridgehead atoms. The van der Waals surface area contributed by atoms with Gasteiger partial charge in [-0.05, 0) is 23.3 Å². The molecular weight excluding hydrogens is 318 g/mol. The van der Waals surface area contributed by atoms with Crippen LogP contribution in [0.25, 0.3) is 0 Å². The second-order valence-corrected chi connectivity index (χ2v) is 6.26. The zero-order valence-corrected chi connectivity index (χ0v) is 14.0. The number of hydrogen-bond acceptors (Lipinski definition) is 4. The average Bonchev–Trinajstić information content (AvgIpc) is 2.69. The van der Waals surface area contributed by atoms with Crippen molar-refractivity contribution in [3.05, 3.63) is 59.7 Å². The van der Waals surface area contributed by atoms with Crippen molar-refractivity contribution in [1.29, 1.82) is 0 Å². The van der Waals surface area contributed by atoms with E-state index < -0.39 is 0 Å². The van der Waals surface area contributed by atoms with E-state index in [1.54, 1.807) is 0 Å². The predicted molar refractivity (Wildman–Crippen MR) is 92.9 cm³/mol. The molecule has 0 aromatic heterocycles. The van der Waals surface area contributed by atoms with Gasteiger partial charge in [-0.3, -0.25) is 4.79 Å². The maximum absolute atomic E-state index is 12.7. The van der Waals surface area contributed by atoms with Crippen LogP contribution in [0.4, 0.5) is 0 Å². The standard InChI is InChI=1S/C20H21NO4/c22-20(13-15-6-7-17-18(12-15)25-11-10-24-17)21-8-9-23-19(14-21)16-4-2-1-3-5-16/h1-7,12,19H,8-11,13-14H2/t19-/m1/s1. The Morgan fingerprint density at radius 1 is 1.00 bits per heavy atom. The highest BCUT2D eigenvalue weighted by atomic mass is 16.6. The van der Waals surface area contributed by atoms with Crippen LogP contribution >= 0.6 is 0 Å². The molecule has 1 saturated heterocycles. The first-order valence-corrected chi connectivity index (χ1v) is 8.62. The Morgan fingerprint density at radius 3 is 2.64 bits per heavy atom. The predicted octanol–water partition coefficient (Wildman–Crippen LogP) is 2.60. The zero-order valence-electron chi connectivity index (χ0n) is 14.0. The van der Waals surface area contributed by atoms with E-state index in [2.05, 4.69) is 0 Å². The van der Waals surface area contributed by atoms with Crippen LogP contribution in [-0.2, 0) is 16.0 Å². The molecule has 2 aliphatic heterocycles. The summed E-state index contributed by atoms with van der Waals surface area (Å²) in [5.74, 6) is 1.58. The highest BCUT2D eigenvalue weighted by Gasteiger charge is 2.25. The maximum Gasteiger partial charge on any atom is 0.227 e. The van der Waals surface area contributed by atoms with Gasteiger partial charge in [0.1, 0.15) is 19.3 Å². The largest absolute Gasteiger partial charge is 0.486 e. The van der Waals surface area contributed by atoms with Crippen molar-refractivity contribution in [1.82, 2.24) is 4.90 Å². The summed E-state index contributed by atoms with van der Waals surface area (Å²) in [4.78, 5) is 14.6. The van der Waals surface area contributed by atoms with Crippen LogP contribution in [0.2, 0.25) is 0 Å². The molecule has 25 heavy (non-hydrogen) atoms. The third-order valence-electron chi connectivity index (χ3n) is 4.55.